The fourth-order valence-electron chi connectivity index (χ4n) is 1.44. The van der Waals surface area contributed by atoms with Crippen molar-refractivity contribution in [3.05, 3.63) is 36.4 Å². The van der Waals surface area contributed by atoms with Crippen LogP contribution >= 0.6 is 0 Å². The molecule has 0 spiro atoms. The van der Waals surface area contributed by atoms with E-state index >= 15 is 0 Å². The van der Waals surface area contributed by atoms with Crippen molar-refractivity contribution in [2.75, 3.05) is 0 Å². The second-order valence-corrected chi connectivity index (χ2v) is 3.81. The zero-order chi connectivity index (χ0) is 9.47. The van der Waals surface area contributed by atoms with Crippen LogP contribution in [-0.2, 0) is 5.54 Å². The van der Waals surface area contributed by atoms with Crippen LogP contribution < -0.4 is 5.73 Å². The normalized spacial score (nSPS) is 12.2. The van der Waals surface area contributed by atoms with E-state index in [0.717, 1.165) is 11.2 Å². The first-order valence-corrected chi connectivity index (χ1v) is 4.30. The Morgan fingerprint density at radius 3 is 2.85 bits per heavy atom. The number of hydrogen-bond donors (Lipinski definition) is 1. The summed E-state index contributed by atoms with van der Waals surface area (Å²) in [5.41, 5.74) is 7.63. The van der Waals surface area contributed by atoms with E-state index in [1.807, 2.05) is 42.6 Å². The van der Waals surface area contributed by atoms with Gasteiger partial charge in [0, 0.05) is 6.20 Å². The van der Waals surface area contributed by atoms with Crippen molar-refractivity contribution >= 4 is 5.52 Å². The average Bonchev–Trinajstić information content (AvgIpc) is 2.45. The molecule has 2 aromatic rings. The van der Waals surface area contributed by atoms with E-state index in [1.165, 1.54) is 0 Å². The summed E-state index contributed by atoms with van der Waals surface area (Å²) in [6.45, 7) is 3.92. The van der Waals surface area contributed by atoms with Crippen molar-refractivity contribution in [2.45, 2.75) is 19.4 Å². The van der Waals surface area contributed by atoms with Gasteiger partial charge in [0.25, 0.3) is 0 Å². The van der Waals surface area contributed by atoms with Gasteiger partial charge >= 0.3 is 0 Å². The van der Waals surface area contributed by atoms with Crippen molar-refractivity contribution in [2.24, 2.45) is 5.73 Å². The lowest BCUT2D eigenvalue weighted by atomic mass is 10.0. The minimum atomic E-state index is -0.379. The highest BCUT2D eigenvalue weighted by Crippen LogP contribution is 2.19. The van der Waals surface area contributed by atoms with Crippen LogP contribution in [0.15, 0.2) is 30.7 Å². The molecule has 3 heteroatoms. The van der Waals surface area contributed by atoms with Gasteiger partial charge in [0.15, 0.2) is 0 Å². The van der Waals surface area contributed by atoms with Gasteiger partial charge < -0.3 is 10.1 Å². The first-order chi connectivity index (χ1) is 6.09. The highest BCUT2D eigenvalue weighted by molar-refractivity contribution is 5.54. The van der Waals surface area contributed by atoms with Crippen molar-refractivity contribution in [3.63, 3.8) is 0 Å². The fourth-order valence-corrected chi connectivity index (χ4v) is 1.44. The first kappa shape index (κ1) is 8.26. The van der Waals surface area contributed by atoms with Gasteiger partial charge in [-0.05, 0) is 26.0 Å². The Balaban J connectivity index is 2.72. The molecular weight excluding hydrogens is 162 g/mol. The largest absolute Gasteiger partial charge is 0.321 e. The SMILES string of the molecule is CC(C)(N)c1ncn2ccccc12. The highest BCUT2D eigenvalue weighted by Gasteiger charge is 2.19. The molecule has 13 heavy (non-hydrogen) atoms. The number of pyridine rings is 1. The van der Waals surface area contributed by atoms with Crippen LogP contribution in [0.5, 0.6) is 0 Å². The molecule has 0 unspecified atom stereocenters. The monoisotopic (exact) mass is 175 g/mol. The molecule has 2 heterocycles. The quantitative estimate of drug-likeness (QED) is 0.714. The Kier molecular flexibility index (Phi) is 1.63. The summed E-state index contributed by atoms with van der Waals surface area (Å²) < 4.78 is 1.98. The maximum atomic E-state index is 5.99. The summed E-state index contributed by atoms with van der Waals surface area (Å²) in [5, 5.41) is 0. The molecule has 0 atom stereocenters. The number of nitrogens with two attached hydrogens (primary N) is 1. The van der Waals surface area contributed by atoms with Gasteiger partial charge in [0.1, 0.15) is 0 Å². The van der Waals surface area contributed by atoms with E-state index in [9.17, 15) is 0 Å². The fraction of sp³-hybridized carbons (Fsp3) is 0.300. The molecular formula is C10H13N3. The van der Waals surface area contributed by atoms with Crippen LogP contribution in [0.25, 0.3) is 5.52 Å². The van der Waals surface area contributed by atoms with Gasteiger partial charge in [-0.15, -0.1) is 0 Å². The van der Waals surface area contributed by atoms with E-state index in [-0.39, 0.29) is 5.54 Å². The van der Waals surface area contributed by atoms with E-state index < -0.39 is 0 Å². The minimum Gasteiger partial charge on any atom is -0.321 e. The molecule has 3 nitrogen and oxygen atoms in total. The Bertz CT molecular complexity index is 423. The van der Waals surface area contributed by atoms with Gasteiger partial charge in [-0.3, -0.25) is 0 Å². The number of nitrogens with zero attached hydrogens (tertiary/aromatic N) is 2. The molecule has 0 aliphatic rings. The number of aromatic nitrogens is 2. The second kappa shape index (κ2) is 2.57. The molecule has 2 rings (SSSR count). The third kappa shape index (κ3) is 1.31. The molecule has 0 aromatic carbocycles. The van der Waals surface area contributed by atoms with Gasteiger partial charge in [-0.25, -0.2) is 4.98 Å². The lowest BCUT2D eigenvalue weighted by molar-refractivity contribution is 0.543. The molecule has 68 valence electrons. The second-order valence-electron chi connectivity index (χ2n) is 3.81. The summed E-state index contributed by atoms with van der Waals surface area (Å²) in [6, 6.07) is 5.99. The van der Waals surface area contributed by atoms with E-state index in [4.69, 9.17) is 5.73 Å². The smallest absolute Gasteiger partial charge is 0.0996 e. The molecule has 0 saturated heterocycles. The number of fused-ring (bicyclic) bond motifs is 1. The number of rotatable bonds is 1. The minimum absolute atomic E-state index is 0.379. The van der Waals surface area contributed by atoms with Crippen LogP contribution in [0.3, 0.4) is 0 Å². The highest BCUT2D eigenvalue weighted by atomic mass is 15.0. The number of hydrogen-bond acceptors (Lipinski definition) is 2. The maximum absolute atomic E-state index is 5.99. The standard InChI is InChI=1S/C10H13N3/c1-10(2,11)9-8-5-3-4-6-13(8)7-12-9/h3-7H,11H2,1-2H3. The molecule has 0 saturated carbocycles. The molecule has 0 aliphatic carbocycles. The van der Waals surface area contributed by atoms with E-state index in [1.54, 1.807) is 6.33 Å². The topological polar surface area (TPSA) is 43.3 Å². The van der Waals surface area contributed by atoms with E-state index in [2.05, 4.69) is 4.98 Å². The van der Waals surface area contributed by atoms with E-state index in [0.29, 0.717) is 0 Å². The number of imidazole rings is 1. The molecule has 0 aliphatic heterocycles. The molecule has 2 aromatic heterocycles. The van der Waals surface area contributed by atoms with Crippen LogP contribution in [0.1, 0.15) is 19.5 Å². The lowest BCUT2D eigenvalue weighted by Crippen LogP contribution is -2.29. The maximum Gasteiger partial charge on any atom is 0.0996 e. The van der Waals surface area contributed by atoms with Gasteiger partial charge in [-0.2, -0.15) is 0 Å². The summed E-state index contributed by atoms with van der Waals surface area (Å²) >= 11 is 0. The van der Waals surface area contributed by atoms with Gasteiger partial charge in [-0.1, -0.05) is 6.07 Å². The Labute approximate surface area is 77.2 Å². The van der Waals surface area contributed by atoms with Crippen LogP contribution in [0, 0.1) is 0 Å². The summed E-state index contributed by atoms with van der Waals surface area (Å²) in [4.78, 5) is 4.30. The first-order valence-electron chi connectivity index (χ1n) is 4.30. The summed E-state index contributed by atoms with van der Waals surface area (Å²) in [5.74, 6) is 0. The van der Waals surface area contributed by atoms with Crippen LogP contribution in [0.4, 0.5) is 0 Å². The third-order valence-corrected chi connectivity index (χ3v) is 2.05. The Hall–Kier alpha value is -1.35. The Morgan fingerprint density at radius 2 is 2.15 bits per heavy atom. The molecule has 0 bridgehead atoms. The predicted octanol–water partition coefficient (Wildman–Crippen LogP) is 1.53. The predicted molar refractivity (Wildman–Crippen MR) is 52.4 cm³/mol. The van der Waals surface area contributed by atoms with Gasteiger partial charge in [0.05, 0.1) is 23.1 Å². The molecule has 0 amide bonds. The van der Waals surface area contributed by atoms with Crippen molar-refractivity contribution in [3.8, 4) is 0 Å². The third-order valence-electron chi connectivity index (χ3n) is 2.05. The summed E-state index contributed by atoms with van der Waals surface area (Å²) in [7, 11) is 0. The van der Waals surface area contributed by atoms with Crippen molar-refractivity contribution in [1.29, 1.82) is 0 Å². The molecule has 2 N–H and O–H groups in total. The Morgan fingerprint density at radius 1 is 1.38 bits per heavy atom. The van der Waals surface area contributed by atoms with Crippen molar-refractivity contribution < 1.29 is 0 Å². The molecule has 0 radical (unpaired) electrons. The molecule has 0 fully saturated rings. The lowest BCUT2D eigenvalue weighted by Gasteiger charge is -2.15. The average molecular weight is 175 g/mol. The van der Waals surface area contributed by atoms with Crippen LogP contribution in [-0.4, -0.2) is 9.38 Å². The van der Waals surface area contributed by atoms with Crippen molar-refractivity contribution in [1.82, 2.24) is 9.38 Å². The zero-order valence-corrected chi connectivity index (χ0v) is 7.86. The van der Waals surface area contributed by atoms with Crippen LogP contribution in [0.2, 0.25) is 0 Å². The summed E-state index contributed by atoms with van der Waals surface area (Å²) in [6.07, 6.45) is 3.76. The zero-order valence-electron chi connectivity index (χ0n) is 7.86. The van der Waals surface area contributed by atoms with Gasteiger partial charge in [0.2, 0.25) is 0 Å².